The molecule has 0 aliphatic carbocycles. The molecular formula is C19H17NO6. The molecule has 2 aromatic carbocycles. The van der Waals surface area contributed by atoms with Gasteiger partial charge in [-0.2, -0.15) is 0 Å². The van der Waals surface area contributed by atoms with Crippen LogP contribution in [0.5, 0.6) is 5.75 Å². The Hall–Kier alpha value is -3.61. The molecule has 2 N–H and O–H groups in total. The minimum absolute atomic E-state index is 0.161. The lowest BCUT2D eigenvalue weighted by Crippen LogP contribution is -2.08. The van der Waals surface area contributed by atoms with Gasteiger partial charge >= 0.3 is 11.9 Å². The van der Waals surface area contributed by atoms with Gasteiger partial charge in [0.2, 0.25) is 5.91 Å². The molecule has 0 bridgehead atoms. The maximum atomic E-state index is 12.0. The van der Waals surface area contributed by atoms with E-state index >= 15 is 0 Å². The van der Waals surface area contributed by atoms with Crippen molar-refractivity contribution in [2.75, 3.05) is 19.5 Å². The lowest BCUT2D eigenvalue weighted by atomic mass is 10.1. The Morgan fingerprint density at radius 2 is 1.50 bits per heavy atom. The Balaban J connectivity index is 2.03. The molecule has 26 heavy (non-hydrogen) atoms. The highest BCUT2D eigenvalue weighted by molar-refractivity contribution is 6.03. The smallest absolute Gasteiger partial charge is 0.337 e. The molecule has 7 heteroatoms. The molecule has 2 rings (SSSR count). The number of rotatable bonds is 5. The average Bonchev–Trinajstić information content (AvgIpc) is 2.67. The number of nitrogens with one attached hydrogen (secondary N) is 1. The zero-order chi connectivity index (χ0) is 19.1. The van der Waals surface area contributed by atoms with Gasteiger partial charge in [0.05, 0.1) is 31.0 Å². The van der Waals surface area contributed by atoms with Crippen molar-refractivity contribution in [3.63, 3.8) is 0 Å². The number of amides is 1. The summed E-state index contributed by atoms with van der Waals surface area (Å²) in [6.45, 7) is 0. The predicted octanol–water partition coefficient (Wildman–Crippen LogP) is 2.62. The SMILES string of the molecule is COC(=O)c1ccc(/C=C/C(=O)Nc2ccc(C(=O)OC)cc2O)cc1. The van der Waals surface area contributed by atoms with Crippen LogP contribution < -0.4 is 5.32 Å². The van der Waals surface area contributed by atoms with Gasteiger partial charge in [0, 0.05) is 6.08 Å². The van der Waals surface area contributed by atoms with Gasteiger partial charge < -0.3 is 19.9 Å². The number of ether oxygens (including phenoxy) is 2. The van der Waals surface area contributed by atoms with Gasteiger partial charge in [-0.25, -0.2) is 9.59 Å². The number of methoxy groups -OCH3 is 2. The number of carbonyl (C=O) groups excluding carboxylic acids is 3. The summed E-state index contributed by atoms with van der Waals surface area (Å²) in [7, 11) is 2.53. The van der Waals surface area contributed by atoms with Gasteiger partial charge in [0.25, 0.3) is 0 Å². The fraction of sp³-hybridized carbons (Fsp3) is 0.105. The van der Waals surface area contributed by atoms with Gasteiger partial charge in [0.15, 0.2) is 0 Å². The summed E-state index contributed by atoms with van der Waals surface area (Å²) in [5, 5.41) is 12.4. The number of hydrogen-bond acceptors (Lipinski definition) is 6. The molecular weight excluding hydrogens is 338 g/mol. The van der Waals surface area contributed by atoms with Crippen molar-refractivity contribution in [1.82, 2.24) is 0 Å². The second-order valence-electron chi connectivity index (χ2n) is 5.16. The average molecular weight is 355 g/mol. The Morgan fingerprint density at radius 3 is 2.08 bits per heavy atom. The molecule has 1 amide bonds. The summed E-state index contributed by atoms with van der Waals surface area (Å²) in [6, 6.07) is 10.5. The molecule has 2 aromatic rings. The largest absolute Gasteiger partial charge is 0.506 e. The van der Waals surface area contributed by atoms with Crippen molar-refractivity contribution in [1.29, 1.82) is 0 Å². The minimum Gasteiger partial charge on any atom is -0.506 e. The third kappa shape index (κ3) is 4.70. The first-order valence-electron chi connectivity index (χ1n) is 7.53. The summed E-state index contributed by atoms with van der Waals surface area (Å²) in [6.07, 6.45) is 2.83. The molecule has 0 spiro atoms. The van der Waals surface area contributed by atoms with Crippen molar-refractivity contribution in [3.8, 4) is 5.75 Å². The standard InChI is InChI=1S/C19H17NO6/c1-25-18(23)13-6-3-12(4-7-13)5-10-17(22)20-15-9-8-14(11-16(15)21)19(24)26-2/h3-11,21H,1-2H3,(H,20,22)/b10-5+. The molecule has 7 nitrogen and oxygen atoms in total. The van der Waals surface area contributed by atoms with Crippen LogP contribution in [0.25, 0.3) is 6.08 Å². The minimum atomic E-state index is -0.589. The van der Waals surface area contributed by atoms with Crippen molar-refractivity contribution in [3.05, 3.63) is 65.2 Å². The molecule has 0 heterocycles. The van der Waals surface area contributed by atoms with Crippen LogP contribution in [0, 0.1) is 0 Å². The van der Waals surface area contributed by atoms with Crippen LogP contribution in [0.4, 0.5) is 5.69 Å². The van der Waals surface area contributed by atoms with Crippen LogP contribution in [0.15, 0.2) is 48.5 Å². The molecule has 0 saturated heterocycles. The van der Waals surface area contributed by atoms with E-state index in [0.29, 0.717) is 11.1 Å². The molecule has 0 fully saturated rings. The summed E-state index contributed by atoms with van der Waals surface area (Å²) >= 11 is 0. The van der Waals surface area contributed by atoms with Crippen LogP contribution in [0.1, 0.15) is 26.3 Å². The lowest BCUT2D eigenvalue weighted by Gasteiger charge is -2.07. The first-order valence-corrected chi connectivity index (χ1v) is 7.53. The number of esters is 2. The quantitative estimate of drug-likeness (QED) is 0.486. The molecule has 0 atom stereocenters. The van der Waals surface area contributed by atoms with E-state index in [1.807, 2.05) is 0 Å². The first-order chi connectivity index (χ1) is 12.4. The maximum Gasteiger partial charge on any atom is 0.337 e. The molecule has 0 aliphatic heterocycles. The zero-order valence-electron chi connectivity index (χ0n) is 14.2. The highest BCUT2D eigenvalue weighted by Gasteiger charge is 2.10. The van der Waals surface area contributed by atoms with Crippen molar-refractivity contribution in [2.45, 2.75) is 0 Å². The van der Waals surface area contributed by atoms with Crippen LogP contribution in [0.2, 0.25) is 0 Å². The third-order valence-corrected chi connectivity index (χ3v) is 3.44. The Morgan fingerprint density at radius 1 is 0.923 bits per heavy atom. The van der Waals surface area contributed by atoms with Gasteiger partial charge in [-0.1, -0.05) is 12.1 Å². The van der Waals surface area contributed by atoms with E-state index in [1.165, 1.54) is 38.5 Å². The number of aromatic hydroxyl groups is 1. The summed E-state index contributed by atoms with van der Waals surface area (Å²) in [5.74, 6) is -1.75. The topological polar surface area (TPSA) is 102 Å². The van der Waals surface area contributed by atoms with Crippen molar-refractivity contribution < 1.29 is 29.0 Å². The summed E-state index contributed by atoms with van der Waals surface area (Å²) in [4.78, 5) is 34.7. The molecule has 0 aromatic heterocycles. The number of phenolic OH excluding ortho intramolecular Hbond substituents is 1. The second kappa shape index (κ2) is 8.48. The summed E-state index contributed by atoms with van der Waals surface area (Å²) < 4.78 is 9.16. The van der Waals surface area contributed by atoms with Gasteiger partial charge in [-0.3, -0.25) is 4.79 Å². The van der Waals surface area contributed by atoms with Crippen molar-refractivity contribution >= 4 is 29.6 Å². The van der Waals surface area contributed by atoms with E-state index < -0.39 is 17.8 Å². The molecule has 0 aliphatic rings. The number of hydrogen-bond donors (Lipinski definition) is 2. The molecule has 0 unspecified atom stereocenters. The first kappa shape index (κ1) is 18.7. The maximum absolute atomic E-state index is 12.0. The van der Waals surface area contributed by atoms with E-state index in [0.717, 1.165) is 0 Å². The number of carbonyl (C=O) groups is 3. The predicted molar refractivity (Wildman–Crippen MR) is 94.9 cm³/mol. The number of benzene rings is 2. The van der Waals surface area contributed by atoms with E-state index in [9.17, 15) is 19.5 Å². The van der Waals surface area contributed by atoms with Gasteiger partial charge in [-0.15, -0.1) is 0 Å². The lowest BCUT2D eigenvalue weighted by molar-refractivity contribution is -0.111. The van der Waals surface area contributed by atoms with Gasteiger partial charge in [0.1, 0.15) is 5.75 Å². The normalized spacial score (nSPS) is 10.4. The van der Waals surface area contributed by atoms with Gasteiger partial charge in [-0.05, 0) is 42.0 Å². The zero-order valence-corrected chi connectivity index (χ0v) is 14.2. The van der Waals surface area contributed by atoms with E-state index in [2.05, 4.69) is 14.8 Å². The van der Waals surface area contributed by atoms with E-state index in [1.54, 1.807) is 30.3 Å². The van der Waals surface area contributed by atoms with Crippen LogP contribution in [0.3, 0.4) is 0 Å². The highest BCUT2D eigenvalue weighted by Crippen LogP contribution is 2.24. The summed E-state index contributed by atoms with van der Waals surface area (Å²) in [5.41, 5.74) is 1.44. The molecule has 134 valence electrons. The monoisotopic (exact) mass is 355 g/mol. The van der Waals surface area contributed by atoms with Crippen LogP contribution >= 0.6 is 0 Å². The third-order valence-electron chi connectivity index (χ3n) is 3.44. The molecule has 0 saturated carbocycles. The van der Waals surface area contributed by atoms with Crippen molar-refractivity contribution in [2.24, 2.45) is 0 Å². The molecule has 0 radical (unpaired) electrons. The van der Waals surface area contributed by atoms with Crippen LogP contribution in [-0.2, 0) is 14.3 Å². The Bertz CT molecular complexity index is 855. The number of anilines is 1. The highest BCUT2D eigenvalue weighted by atomic mass is 16.5. The fourth-order valence-electron chi connectivity index (χ4n) is 2.08. The number of phenols is 1. The van der Waals surface area contributed by atoms with Crippen LogP contribution in [-0.4, -0.2) is 37.2 Å². The van der Waals surface area contributed by atoms with E-state index in [-0.39, 0.29) is 17.0 Å². The Kier molecular flexibility index (Phi) is 6.10. The second-order valence-corrected chi connectivity index (χ2v) is 5.16. The fourth-order valence-corrected chi connectivity index (χ4v) is 2.08. The Labute approximate surface area is 149 Å². The van der Waals surface area contributed by atoms with E-state index in [4.69, 9.17) is 0 Å².